The second-order valence-corrected chi connectivity index (χ2v) is 10.2. The highest BCUT2D eigenvalue weighted by atomic mass is 127. The number of halogens is 1. The number of nitrogens with one attached hydrogen (secondary N) is 3. The highest BCUT2D eigenvalue weighted by Gasteiger charge is 2.17. The van der Waals surface area contributed by atoms with Gasteiger partial charge in [0.1, 0.15) is 11.2 Å². The second kappa shape index (κ2) is 9.53. The van der Waals surface area contributed by atoms with Crippen LogP contribution in [0.15, 0.2) is 64.9 Å². The molecule has 6 rings (SSSR count). The fourth-order valence-corrected chi connectivity index (χ4v) is 5.90. The summed E-state index contributed by atoms with van der Waals surface area (Å²) in [5, 5.41) is 11.4. The number of H-pyrrole nitrogens is 2. The SMILES string of the molecule is CCCC(=O)NC1=CC(c2cnc3n[nH]c(-c4nc5c(-c6ccncc6)nccc5[nH]4)c3c2)=CI=C1. The van der Waals surface area contributed by atoms with Crippen LogP contribution in [0.25, 0.3) is 50.4 Å². The van der Waals surface area contributed by atoms with E-state index in [9.17, 15) is 4.79 Å². The lowest BCUT2D eigenvalue weighted by Gasteiger charge is -2.10. The zero-order valence-electron chi connectivity index (χ0n) is 19.3. The van der Waals surface area contributed by atoms with Crippen molar-refractivity contribution in [2.75, 3.05) is 0 Å². The third kappa shape index (κ3) is 4.24. The van der Waals surface area contributed by atoms with Crippen molar-refractivity contribution < 1.29 is 4.79 Å². The number of allylic oxidation sites excluding steroid dienone is 3. The van der Waals surface area contributed by atoms with Crippen molar-refractivity contribution in [1.29, 1.82) is 0 Å². The highest BCUT2D eigenvalue weighted by Crippen LogP contribution is 2.32. The van der Waals surface area contributed by atoms with Gasteiger partial charge in [-0.2, -0.15) is 5.10 Å². The van der Waals surface area contributed by atoms with Gasteiger partial charge in [-0.25, -0.2) is 9.97 Å². The summed E-state index contributed by atoms with van der Waals surface area (Å²) in [4.78, 5) is 33.6. The van der Waals surface area contributed by atoms with E-state index in [0.29, 0.717) is 17.9 Å². The van der Waals surface area contributed by atoms with Gasteiger partial charge in [-0.1, -0.05) is 27.7 Å². The van der Waals surface area contributed by atoms with Gasteiger partial charge in [-0.05, 0) is 50.4 Å². The Morgan fingerprint density at radius 2 is 2.00 bits per heavy atom. The van der Waals surface area contributed by atoms with Crippen molar-refractivity contribution in [3.05, 3.63) is 70.5 Å². The van der Waals surface area contributed by atoms with Gasteiger partial charge in [-0.3, -0.25) is 19.9 Å². The average molecular weight is 588 g/mol. The first kappa shape index (κ1) is 22.4. The Balaban J connectivity index is 1.39. The van der Waals surface area contributed by atoms with E-state index in [1.165, 1.54) is 0 Å². The maximum Gasteiger partial charge on any atom is 0.224 e. The molecule has 5 aromatic heterocycles. The van der Waals surface area contributed by atoms with Crippen LogP contribution in [-0.2, 0) is 4.79 Å². The fourth-order valence-electron chi connectivity index (χ4n) is 4.07. The predicted molar refractivity (Wildman–Crippen MR) is 149 cm³/mol. The quantitative estimate of drug-likeness (QED) is 0.243. The number of carbonyl (C=O) groups is 1. The first-order valence-corrected chi connectivity index (χ1v) is 14.0. The summed E-state index contributed by atoms with van der Waals surface area (Å²) in [6.07, 6.45) is 10.4. The summed E-state index contributed by atoms with van der Waals surface area (Å²) >= 11 is -0.310. The van der Waals surface area contributed by atoms with Crippen molar-refractivity contribution in [2.45, 2.75) is 19.8 Å². The van der Waals surface area contributed by atoms with Gasteiger partial charge in [0.05, 0.1) is 16.6 Å². The van der Waals surface area contributed by atoms with E-state index in [4.69, 9.17) is 4.98 Å². The topological polar surface area (TPSA) is 125 Å². The van der Waals surface area contributed by atoms with Crippen molar-refractivity contribution >= 4 is 58.3 Å². The van der Waals surface area contributed by atoms with Gasteiger partial charge < -0.3 is 10.3 Å². The molecule has 0 fully saturated rings. The summed E-state index contributed by atoms with van der Waals surface area (Å²) in [6.45, 7) is 2.00. The van der Waals surface area contributed by atoms with Gasteiger partial charge in [0.15, 0.2) is 11.5 Å². The molecule has 0 aliphatic carbocycles. The molecule has 5 aromatic rings. The number of hydrogen-bond acceptors (Lipinski definition) is 6. The summed E-state index contributed by atoms with van der Waals surface area (Å²) in [6, 6.07) is 7.81. The number of nitrogens with zero attached hydrogens (tertiary/aromatic N) is 5. The molecule has 0 bridgehead atoms. The molecule has 3 N–H and O–H groups in total. The Morgan fingerprint density at radius 3 is 2.86 bits per heavy atom. The minimum Gasteiger partial charge on any atom is -0.337 e. The van der Waals surface area contributed by atoms with Crippen LogP contribution < -0.4 is 5.32 Å². The number of hydrogen-bond donors (Lipinski definition) is 3. The van der Waals surface area contributed by atoms with Gasteiger partial charge in [-0.15, -0.1) is 0 Å². The molecule has 6 heterocycles. The van der Waals surface area contributed by atoms with E-state index in [0.717, 1.165) is 56.6 Å². The number of fused-ring (bicyclic) bond motifs is 2. The lowest BCUT2D eigenvalue weighted by molar-refractivity contribution is -0.120. The number of aromatic amines is 2. The molecule has 0 saturated heterocycles. The zero-order valence-corrected chi connectivity index (χ0v) is 21.4. The number of rotatable bonds is 6. The molecule has 10 heteroatoms. The molecule has 0 spiro atoms. The smallest absolute Gasteiger partial charge is 0.224 e. The Labute approximate surface area is 216 Å². The Hall–Kier alpha value is -4.06. The third-order valence-corrected chi connectivity index (χ3v) is 7.83. The van der Waals surface area contributed by atoms with E-state index in [1.54, 1.807) is 18.6 Å². The molecule has 1 aliphatic heterocycles. The maximum absolute atomic E-state index is 12.1. The van der Waals surface area contributed by atoms with Gasteiger partial charge >= 0.3 is 0 Å². The Kier molecular flexibility index (Phi) is 5.93. The molecule has 0 saturated carbocycles. The van der Waals surface area contributed by atoms with E-state index in [2.05, 4.69) is 49.6 Å². The van der Waals surface area contributed by atoms with E-state index in [1.807, 2.05) is 37.4 Å². The normalized spacial score (nSPS) is 13.4. The van der Waals surface area contributed by atoms with Crippen molar-refractivity contribution in [1.82, 2.24) is 40.4 Å². The first-order valence-electron chi connectivity index (χ1n) is 11.5. The third-order valence-electron chi connectivity index (χ3n) is 5.77. The standard InChI is InChI=1S/C26H21IN8O/c1-2-3-21(36)31-18-10-16(12-27-13-18)17-11-19-23(34-35-25(19)30-14-17)26-32-20-6-9-29-22(24(20)33-26)15-4-7-28-8-5-15/h4-14H,2-3H2,1H3,(H,31,36)(H,32,33)(H,30,34,35). The largest absolute Gasteiger partial charge is 0.337 e. The fraction of sp³-hybridized carbons (Fsp3) is 0.115. The molecule has 1 amide bonds. The lowest BCUT2D eigenvalue weighted by Crippen LogP contribution is -2.23. The van der Waals surface area contributed by atoms with Gasteiger partial charge in [0, 0.05) is 48.0 Å². The van der Waals surface area contributed by atoms with Crippen LogP contribution in [0.2, 0.25) is 0 Å². The lowest BCUT2D eigenvalue weighted by atomic mass is 10.1. The van der Waals surface area contributed by atoms with Crippen LogP contribution >= 0.6 is 20.7 Å². The van der Waals surface area contributed by atoms with Crippen molar-refractivity contribution in [3.63, 3.8) is 0 Å². The first-order chi connectivity index (χ1) is 17.7. The molecule has 0 radical (unpaired) electrons. The van der Waals surface area contributed by atoms with Crippen LogP contribution in [-0.4, -0.2) is 45.0 Å². The molecule has 0 unspecified atom stereocenters. The van der Waals surface area contributed by atoms with Crippen LogP contribution in [0.5, 0.6) is 0 Å². The number of carbonyl (C=O) groups excluding carboxylic acids is 1. The minimum atomic E-state index is -0.310. The van der Waals surface area contributed by atoms with Crippen LogP contribution in [0, 0.1) is 0 Å². The molecule has 0 atom stereocenters. The Bertz CT molecular complexity index is 1700. The number of amides is 1. The molecule has 1 aliphatic rings. The molecule has 178 valence electrons. The van der Waals surface area contributed by atoms with Crippen molar-refractivity contribution in [2.24, 2.45) is 0 Å². The molecule has 36 heavy (non-hydrogen) atoms. The molecule has 9 nitrogen and oxygen atoms in total. The van der Waals surface area contributed by atoms with E-state index in [-0.39, 0.29) is 26.6 Å². The summed E-state index contributed by atoms with van der Waals surface area (Å²) < 4.78 is 4.35. The monoisotopic (exact) mass is 588 g/mol. The second-order valence-electron chi connectivity index (χ2n) is 8.27. The van der Waals surface area contributed by atoms with Crippen molar-refractivity contribution in [3.8, 4) is 22.8 Å². The van der Waals surface area contributed by atoms with Crippen LogP contribution in [0.4, 0.5) is 0 Å². The number of pyridine rings is 3. The highest BCUT2D eigenvalue weighted by molar-refractivity contribution is 14.2. The average Bonchev–Trinajstić information content (AvgIpc) is 3.53. The van der Waals surface area contributed by atoms with Gasteiger partial charge in [0.25, 0.3) is 0 Å². The summed E-state index contributed by atoms with van der Waals surface area (Å²) in [5.41, 5.74) is 7.64. The summed E-state index contributed by atoms with van der Waals surface area (Å²) in [7, 11) is 0. The van der Waals surface area contributed by atoms with Crippen LogP contribution in [0.3, 0.4) is 0 Å². The summed E-state index contributed by atoms with van der Waals surface area (Å²) in [5.74, 6) is 0.706. The predicted octanol–water partition coefficient (Wildman–Crippen LogP) is 4.89. The van der Waals surface area contributed by atoms with E-state index < -0.39 is 0 Å². The van der Waals surface area contributed by atoms with Gasteiger partial charge in [0.2, 0.25) is 5.91 Å². The van der Waals surface area contributed by atoms with Crippen LogP contribution in [0.1, 0.15) is 25.3 Å². The molecule has 0 aromatic carbocycles. The molecular weight excluding hydrogens is 567 g/mol. The maximum atomic E-state index is 12.1. The van der Waals surface area contributed by atoms with E-state index >= 15 is 0 Å². The minimum absolute atomic E-state index is 0.0430. The number of aromatic nitrogens is 7. The Morgan fingerprint density at radius 1 is 1.11 bits per heavy atom. The molecular formula is C26H21IN8O. The zero-order chi connectivity index (χ0) is 24.5. The number of imidazole rings is 1.